The summed E-state index contributed by atoms with van der Waals surface area (Å²) >= 11 is 0. The molecule has 0 saturated carbocycles. The summed E-state index contributed by atoms with van der Waals surface area (Å²) in [5.41, 5.74) is 0. The second-order valence-electron chi connectivity index (χ2n) is 2.45. The van der Waals surface area contributed by atoms with E-state index in [1.165, 1.54) is 0 Å². The summed E-state index contributed by atoms with van der Waals surface area (Å²) in [5, 5.41) is 31.7. The lowest BCUT2D eigenvalue weighted by molar-refractivity contribution is -0.174. The van der Waals surface area contributed by atoms with E-state index in [2.05, 4.69) is 0 Å². The Bertz CT molecular complexity index is 254. The number of sulfone groups is 1. The number of hydrogen-bond donors (Lipinski definition) is 4. The molecule has 66 valence electrons. The number of aliphatic hydroxyl groups excluding tert-OH is 2. The van der Waals surface area contributed by atoms with E-state index < -0.39 is 32.9 Å². The molecule has 1 aliphatic rings. The maximum atomic E-state index is 10.7. The van der Waals surface area contributed by atoms with Gasteiger partial charge in [0.05, 0.1) is 5.75 Å². The molecule has 1 heterocycles. The minimum absolute atomic E-state index is 0.832. The predicted molar refractivity (Wildman–Crippen MR) is 33.0 cm³/mol. The van der Waals surface area contributed by atoms with Crippen LogP contribution in [0.25, 0.3) is 0 Å². The average Bonchev–Trinajstić information content (AvgIpc) is 1.93. The first kappa shape index (κ1) is 8.88. The molecule has 0 aromatic heterocycles. The Labute approximate surface area is 62.6 Å². The van der Waals surface area contributed by atoms with Crippen LogP contribution in [0.15, 0.2) is 0 Å². The van der Waals surface area contributed by atoms with Gasteiger partial charge in [-0.2, -0.15) is 0 Å². The van der Waals surface area contributed by atoms with Gasteiger partial charge in [-0.15, -0.1) is 0 Å². The second kappa shape index (κ2) is 2.14. The Balaban J connectivity index is 3.12. The summed E-state index contributed by atoms with van der Waals surface area (Å²) in [6.07, 6.45) is -3.68. The molecule has 2 atom stereocenters. The smallest absolute Gasteiger partial charge is 0.298 e. The summed E-state index contributed by atoms with van der Waals surface area (Å²) in [6, 6.07) is 0. The van der Waals surface area contributed by atoms with Crippen LogP contribution in [0, 0.1) is 0 Å². The quantitative estimate of drug-likeness (QED) is 0.294. The van der Waals surface area contributed by atoms with E-state index in [1.54, 1.807) is 0 Å². The molecule has 7 heteroatoms. The first-order valence-corrected chi connectivity index (χ1v) is 4.47. The fraction of sp³-hybridized carbons (Fsp3) is 1.00. The predicted octanol–water partition coefficient (Wildman–Crippen LogP) is -3.23. The van der Waals surface area contributed by atoms with Crippen molar-refractivity contribution in [2.75, 3.05) is 5.75 Å². The number of aliphatic hydroxyl groups is 4. The minimum Gasteiger partial charge on any atom is -0.389 e. The molecule has 1 aliphatic heterocycles. The van der Waals surface area contributed by atoms with Crippen LogP contribution in [0.1, 0.15) is 0 Å². The molecule has 0 bridgehead atoms. The third-order valence-corrected chi connectivity index (χ3v) is 3.53. The standard InChI is InChI=1S/C4H8O6S/c5-2-1-11(9,10)4(7,8)3(2)6/h2-3,5-8H,1H2/t2-,3-/m0/s1. The molecular weight excluding hydrogens is 176 g/mol. The van der Waals surface area contributed by atoms with Crippen molar-refractivity contribution >= 4 is 9.84 Å². The van der Waals surface area contributed by atoms with Gasteiger partial charge in [-0.25, -0.2) is 8.42 Å². The van der Waals surface area contributed by atoms with Gasteiger partial charge in [-0.3, -0.25) is 0 Å². The summed E-state index contributed by atoms with van der Waals surface area (Å²) in [5.74, 6) is -0.832. The molecule has 11 heavy (non-hydrogen) atoms. The molecule has 0 unspecified atom stereocenters. The van der Waals surface area contributed by atoms with Crippen molar-refractivity contribution in [1.82, 2.24) is 0 Å². The maximum absolute atomic E-state index is 10.7. The molecule has 1 fully saturated rings. The average molecular weight is 184 g/mol. The van der Waals surface area contributed by atoms with Crippen molar-refractivity contribution in [3.63, 3.8) is 0 Å². The van der Waals surface area contributed by atoms with E-state index in [9.17, 15) is 8.42 Å². The van der Waals surface area contributed by atoms with Gasteiger partial charge < -0.3 is 20.4 Å². The van der Waals surface area contributed by atoms with Crippen molar-refractivity contribution in [3.8, 4) is 0 Å². The first-order chi connectivity index (χ1) is 4.79. The van der Waals surface area contributed by atoms with Gasteiger partial charge >= 0.3 is 0 Å². The van der Waals surface area contributed by atoms with E-state index in [1.807, 2.05) is 0 Å². The monoisotopic (exact) mass is 184 g/mol. The maximum Gasteiger partial charge on any atom is 0.298 e. The van der Waals surface area contributed by atoms with Crippen LogP contribution in [0.3, 0.4) is 0 Å². The molecule has 0 aromatic rings. The third kappa shape index (κ3) is 1.05. The summed E-state index contributed by atoms with van der Waals surface area (Å²) in [7, 11) is -4.21. The Kier molecular flexibility index (Phi) is 1.73. The highest BCUT2D eigenvalue weighted by Gasteiger charge is 2.57. The van der Waals surface area contributed by atoms with Crippen molar-refractivity contribution in [3.05, 3.63) is 0 Å². The van der Waals surface area contributed by atoms with Crippen LogP contribution in [-0.4, -0.2) is 51.9 Å². The van der Waals surface area contributed by atoms with Crippen LogP contribution in [-0.2, 0) is 9.84 Å². The van der Waals surface area contributed by atoms with Gasteiger partial charge in [0.25, 0.3) is 5.12 Å². The minimum atomic E-state index is -4.21. The van der Waals surface area contributed by atoms with Crippen molar-refractivity contribution in [2.24, 2.45) is 0 Å². The molecule has 4 N–H and O–H groups in total. The van der Waals surface area contributed by atoms with E-state index in [0.29, 0.717) is 0 Å². The summed E-state index contributed by atoms with van der Waals surface area (Å²) < 4.78 is 21.4. The second-order valence-corrected chi connectivity index (χ2v) is 4.62. The molecule has 1 rings (SSSR count). The molecular formula is C4H8O6S. The lowest BCUT2D eigenvalue weighted by Crippen LogP contribution is -2.45. The molecule has 0 amide bonds. The highest BCUT2D eigenvalue weighted by atomic mass is 32.2. The fourth-order valence-corrected chi connectivity index (χ4v) is 2.28. The van der Waals surface area contributed by atoms with Gasteiger partial charge in [-0.1, -0.05) is 0 Å². The lowest BCUT2D eigenvalue weighted by Gasteiger charge is -2.18. The molecule has 6 nitrogen and oxygen atoms in total. The van der Waals surface area contributed by atoms with E-state index in [-0.39, 0.29) is 0 Å². The van der Waals surface area contributed by atoms with Crippen LogP contribution >= 0.6 is 0 Å². The SMILES string of the molecule is O=S1(=O)C[C@H](O)[C@H](O)C1(O)O. The zero-order valence-electron chi connectivity index (χ0n) is 5.38. The van der Waals surface area contributed by atoms with Crippen molar-refractivity contribution < 1.29 is 28.8 Å². The molecule has 0 aromatic carbocycles. The van der Waals surface area contributed by atoms with Gasteiger partial charge in [0.15, 0.2) is 0 Å². The van der Waals surface area contributed by atoms with E-state index in [4.69, 9.17) is 20.4 Å². The van der Waals surface area contributed by atoms with Crippen LogP contribution < -0.4 is 0 Å². The highest BCUT2D eigenvalue weighted by Crippen LogP contribution is 2.27. The number of hydrogen-bond acceptors (Lipinski definition) is 6. The molecule has 0 radical (unpaired) electrons. The Hall–Kier alpha value is -0.210. The zero-order valence-corrected chi connectivity index (χ0v) is 6.19. The molecule has 1 saturated heterocycles. The molecule has 0 aliphatic carbocycles. The van der Waals surface area contributed by atoms with Crippen LogP contribution in [0.2, 0.25) is 0 Å². The number of rotatable bonds is 0. The normalized spacial score (nSPS) is 40.7. The van der Waals surface area contributed by atoms with Gasteiger partial charge in [0.2, 0.25) is 9.84 Å². The Morgan fingerprint density at radius 3 is 1.82 bits per heavy atom. The van der Waals surface area contributed by atoms with Crippen LogP contribution in [0.4, 0.5) is 0 Å². The topological polar surface area (TPSA) is 115 Å². The largest absolute Gasteiger partial charge is 0.389 e. The first-order valence-electron chi connectivity index (χ1n) is 2.82. The van der Waals surface area contributed by atoms with Crippen LogP contribution in [0.5, 0.6) is 0 Å². The zero-order chi connectivity index (χ0) is 8.86. The van der Waals surface area contributed by atoms with Crippen molar-refractivity contribution in [1.29, 1.82) is 0 Å². The van der Waals surface area contributed by atoms with Gasteiger partial charge in [-0.05, 0) is 0 Å². The molecule has 0 spiro atoms. The lowest BCUT2D eigenvalue weighted by atomic mass is 10.2. The Morgan fingerprint density at radius 1 is 1.27 bits per heavy atom. The van der Waals surface area contributed by atoms with Gasteiger partial charge in [0, 0.05) is 0 Å². The van der Waals surface area contributed by atoms with Gasteiger partial charge in [0.1, 0.15) is 12.2 Å². The summed E-state index contributed by atoms with van der Waals surface area (Å²) in [4.78, 5) is 0. The van der Waals surface area contributed by atoms with E-state index >= 15 is 0 Å². The third-order valence-electron chi connectivity index (χ3n) is 1.60. The highest BCUT2D eigenvalue weighted by molar-refractivity contribution is 7.92. The van der Waals surface area contributed by atoms with Crippen molar-refractivity contribution in [2.45, 2.75) is 17.3 Å². The van der Waals surface area contributed by atoms with E-state index in [0.717, 1.165) is 0 Å². The Morgan fingerprint density at radius 2 is 1.73 bits per heavy atom. The summed E-state index contributed by atoms with van der Waals surface area (Å²) in [6.45, 7) is 0. The fourth-order valence-electron chi connectivity index (χ4n) is 0.873.